The number of thiazole rings is 1. The Morgan fingerprint density at radius 3 is 2.36 bits per heavy atom. The van der Waals surface area contributed by atoms with Gasteiger partial charge in [0.05, 0.1) is 15.1 Å². The number of sulfonamides is 1. The quantitative estimate of drug-likeness (QED) is 0.421. The minimum Gasteiger partial charge on any atom is -0.316 e. The molecule has 4 rings (SSSR count). The van der Waals surface area contributed by atoms with Crippen molar-refractivity contribution in [2.24, 2.45) is 4.99 Å². The maximum absolute atomic E-state index is 13.1. The maximum Gasteiger partial charge on any atom is 0.279 e. The summed E-state index contributed by atoms with van der Waals surface area (Å²) in [6, 6.07) is 16.7. The van der Waals surface area contributed by atoms with Crippen LogP contribution in [0.3, 0.4) is 0 Å². The lowest BCUT2D eigenvalue weighted by atomic mass is 10.1. The summed E-state index contributed by atoms with van der Waals surface area (Å²) in [6.07, 6.45) is 0.886. The normalized spacial score (nSPS) is 12.3. The number of halogens is 1. The number of amides is 1. The number of aryl methyl sites for hydroxylation is 2. The van der Waals surface area contributed by atoms with E-state index in [0.29, 0.717) is 16.9 Å². The molecule has 6 nitrogen and oxygen atoms in total. The Bertz CT molecular complexity index is 1490. The van der Waals surface area contributed by atoms with E-state index in [4.69, 9.17) is 0 Å². The van der Waals surface area contributed by atoms with Crippen LogP contribution in [0.15, 0.2) is 76.6 Å². The molecule has 0 atom stereocenters. The number of carbonyl (C=O) groups is 1. The molecule has 0 bridgehead atoms. The molecule has 0 spiro atoms. The Labute approximate surface area is 195 Å². The molecular formula is C24H22FN3O3S2. The fourth-order valence-electron chi connectivity index (χ4n) is 3.53. The van der Waals surface area contributed by atoms with Crippen LogP contribution in [-0.4, -0.2) is 18.9 Å². The summed E-state index contributed by atoms with van der Waals surface area (Å²) in [4.78, 5) is 17.7. The van der Waals surface area contributed by atoms with Crippen molar-refractivity contribution in [2.75, 3.05) is 4.72 Å². The van der Waals surface area contributed by atoms with Crippen molar-refractivity contribution in [1.29, 1.82) is 0 Å². The van der Waals surface area contributed by atoms with Gasteiger partial charge in [0, 0.05) is 17.8 Å². The van der Waals surface area contributed by atoms with E-state index in [1.807, 2.05) is 23.6 Å². The zero-order valence-corrected chi connectivity index (χ0v) is 19.7. The lowest BCUT2D eigenvalue weighted by Crippen LogP contribution is -2.16. The highest BCUT2D eigenvalue weighted by atomic mass is 32.2. The molecule has 0 saturated heterocycles. The molecule has 9 heteroatoms. The highest BCUT2D eigenvalue weighted by Gasteiger charge is 2.15. The molecular weight excluding hydrogens is 461 g/mol. The Hall–Kier alpha value is -3.30. The number of rotatable bonds is 6. The van der Waals surface area contributed by atoms with Crippen LogP contribution in [0, 0.1) is 5.82 Å². The first-order chi connectivity index (χ1) is 15.8. The van der Waals surface area contributed by atoms with Crippen LogP contribution in [0.25, 0.3) is 10.2 Å². The third kappa shape index (κ3) is 4.74. The molecule has 33 heavy (non-hydrogen) atoms. The number of anilines is 1. The van der Waals surface area contributed by atoms with Gasteiger partial charge in [-0.15, -0.1) is 0 Å². The predicted octanol–water partition coefficient (Wildman–Crippen LogP) is 4.97. The van der Waals surface area contributed by atoms with E-state index in [9.17, 15) is 17.6 Å². The molecule has 4 aromatic rings. The SMILES string of the molecule is CCc1cccc2sc(=NC(=O)c3ccc(NS(=O)(=O)c4ccc(F)cc4)cc3)n(CC)c12. The van der Waals surface area contributed by atoms with E-state index in [2.05, 4.69) is 22.7 Å². The van der Waals surface area contributed by atoms with Gasteiger partial charge in [0.2, 0.25) is 0 Å². The zero-order chi connectivity index (χ0) is 23.6. The second-order valence-corrected chi connectivity index (χ2v) is 9.99. The summed E-state index contributed by atoms with van der Waals surface area (Å²) in [5.41, 5.74) is 2.94. The second-order valence-electron chi connectivity index (χ2n) is 7.30. The van der Waals surface area contributed by atoms with Crippen molar-refractivity contribution in [3.63, 3.8) is 0 Å². The van der Waals surface area contributed by atoms with Gasteiger partial charge in [-0.25, -0.2) is 12.8 Å². The minimum atomic E-state index is -3.87. The first-order valence-corrected chi connectivity index (χ1v) is 12.7. The molecule has 3 aromatic carbocycles. The Morgan fingerprint density at radius 2 is 1.73 bits per heavy atom. The summed E-state index contributed by atoms with van der Waals surface area (Å²) in [5.74, 6) is -0.927. The van der Waals surface area contributed by atoms with Gasteiger partial charge in [-0.3, -0.25) is 9.52 Å². The van der Waals surface area contributed by atoms with Crippen LogP contribution in [0.4, 0.5) is 10.1 Å². The van der Waals surface area contributed by atoms with Crippen molar-refractivity contribution >= 4 is 43.2 Å². The van der Waals surface area contributed by atoms with Crippen LogP contribution in [0.1, 0.15) is 29.8 Å². The van der Waals surface area contributed by atoms with Crippen LogP contribution in [0.2, 0.25) is 0 Å². The third-order valence-corrected chi connectivity index (χ3v) is 7.63. The van der Waals surface area contributed by atoms with Crippen molar-refractivity contribution in [1.82, 2.24) is 4.57 Å². The number of fused-ring (bicyclic) bond motifs is 1. The fourth-order valence-corrected chi connectivity index (χ4v) is 5.73. The van der Waals surface area contributed by atoms with E-state index in [0.717, 1.165) is 28.8 Å². The molecule has 170 valence electrons. The van der Waals surface area contributed by atoms with Crippen LogP contribution in [-0.2, 0) is 23.0 Å². The summed E-state index contributed by atoms with van der Waals surface area (Å²) in [7, 11) is -3.87. The van der Waals surface area contributed by atoms with E-state index in [1.165, 1.54) is 53.3 Å². The molecule has 0 radical (unpaired) electrons. The lowest BCUT2D eigenvalue weighted by molar-refractivity contribution is 0.0998. The van der Waals surface area contributed by atoms with E-state index in [1.54, 1.807) is 0 Å². The minimum absolute atomic E-state index is 0.0561. The molecule has 0 unspecified atom stereocenters. The first-order valence-electron chi connectivity index (χ1n) is 10.4. The van der Waals surface area contributed by atoms with E-state index < -0.39 is 21.7 Å². The van der Waals surface area contributed by atoms with E-state index >= 15 is 0 Å². The summed E-state index contributed by atoms with van der Waals surface area (Å²) in [5, 5.41) is 0. The van der Waals surface area contributed by atoms with Crippen molar-refractivity contribution in [3.8, 4) is 0 Å². The molecule has 0 saturated carbocycles. The van der Waals surface area contributed by atoms with Crippen molar-refractivity contribution in [3.05, 3.63) is 88.5 Å². The average molecular weight is 484 g/mol. The number of hydrogen-bond donors (Lipinski definition) is 1. The standard InChI is InChI=1S/C24H22FN3O3S2/c1-3-16-6-5-7-21-22(16)28(4-2)24(32-21)26-23(29)17-8-12-19(13-9-17)27-33(30,31)20-14-10-18(25)11-15-20/h5-15,27H,3-4H2,1-2H3. The largest absolute Gasteiger partial charge is 0.316 e. The number of benzene rings is 3. The molecule has 0 fully saturated rings. The van der Waals surface area contributed by atoms with Crippen molar-refractivity contribution in [2.45, 2.75) is 31.7 Å². The Morgan fingerprint density at radius 1 is 1.03 bits per heavy atom. The number of nitrogens with one attached hydrogen (secondary N) is 1. The van der Waals surface area contributed by atoms with Gasteiger partial charge in [0.15, 0.2) is 4.80 Å². The van der Waals surface area contributed by atoms with Gasteiger partial charge in [0.1, 0.15) is 5.82 Å². The Kier molecular flexibility index (Phi) is 6.44. The second kappa shape index (κ2) is 9.29. The van der Waals surface area contributed by atoms with Gasteiger partial charge in [-0.05, 0) is 73.5 Å². The van der Waals surface area contributed by atoms with E-state index in [-0.39, 0.29) is 10.6 Å². The number of aromatic nitrogens is 1. The fraction of sp³-hybridized carbons (Fsp3) is 0.167. The summed E-state index contributed by atoms with van der Waals surface area (Å²) < 4.78 is 43.5. The lowest BCUT2D eigenvalue weighted by Gasteiger charge is -2.08. The smallest absolute Gasteiger partial charge is 0.279 e. The zero-order valence-electron chi connectivity index (χ0n) is 18.1. The monoisotopic (exact) mass is 483 g/mol. The van der Waals surface area contributed by atoms with Gasteiger partial charge >= 0.3 is 0 Å². The number of hydrogen-bond acceptors (Lipinski definition) is 4. The molecule has 0 aliphatic rings. The molecule has 1 amide bonds. The number of nitrogens with zero attached hydrogens (tertiary/aromatic N) is 2. The van der Waals surface area contributed by atoms with Gasteiger partial charge < -0.3 is 4.57 Å². The molecule has 1 heterocycles. The molecule has 1 N–H and O–H groups in total. The van der Waals surface area contributed by atoms with Crippen LogP contribution >= 0.6 is 11.3 Å². The maximum atomic E-state index is 13.1. The highest BCUT2D eigenvalue weighted by Crippen LogP contribution is 2.22. The summed E-state index contributed by atoms with van der Waals surface area (Å²) >= 11 is 1.47. The van der Waals surface area contributed by atoms with Gasteiger partial charge in [-0.1, -0.05) is 30.4 Å². The van der Waals surface area contributed by atoms with Crippen LogP contribution < -0.4 is 9.52 Å². The van der Waals surface area contributed by atoms with Gasteiger partial charge in [0.25, 0.3) is 15.9 Å². The molecule has 0 aliphatic carbocycles. The van der Waals surface area contributed by atoms with Gasteiger partial charge in [-0.2, -0.15) is 4.99 Å². The topological polar surface area (TPSA) is 80.5 Å². The number of para-hydroxylation sites is 1. The highest BCUT2D eigenvalue weighted by molar-refractivity contribution is 7.92. The average Bonchev–Trinajstić information content (AvgIpc) is 3.16. The third-order valence-electron chi connectivity index (χ3n) is 5.19. The van der Waals surface area contributed by atoms with Crippen molar-refractivity contribution < 1.29 is 17.6 Å². The first kappa shape index (κ1) is 22.9. The number of carbonyl (C=O) groups excluding carboxylic acids is 1. The van der Waals surface area contributed by atoms with Crippen LogP contribution in [0.5, 0.6) is 0 Å². The molecule has 0 aliphatic heterocycles. The summed E-state index contributed by atoms with van der Waals surface area (Å²) in [6.45, 7) is 4.80. The molecule has 1 aromatic heterocycles. The Balaban J connectivity index is 1.60. The predicted molar refractivity (Wildman–Crippen MR) is 128 cm³/mol.